The smallest absolute Gasteiger partial charge is 0.222 e. The lowest BCUT2D eigenvalue weighted by Gasteiger charge is -2.11. The highest BCUT2D eigenvalue weighted by Gasteiger charge is 2.02. The van der Waals surface area contributed by atoms with E-state index in [9.17, 15) is 4.79 Å². The van der Waals surface area contributed by atoms with Crippen LogP contribution in [0.25, 0.3) is 0 Å². The zero-order valence-corrected chi connectivity index (χ0v) is 12.7. The predicted octanol–water partition coefficient (Wildman–Crippen LogP) is 0.504. The van der Waals surface area contributed by atoms with Crippen molar-refractivity contribution in [1.82, 2.24) is 16.0 Å². The van der Waals surface area contributed by atoms with Gasteiger partial charge < -0.3 is 20.7 Å². The first-order valence-electron chi connectivity index (χ1n) is 7.00. The van der Waals surface area contributed by atoms with Crippen molar-refractivity contribution in [3.8, 4) is 0 Å². The second kappa shape index (κ2) is 10.7. The molecule has 0 aliphatic heterocycles. The van der Waals surface area contributed by atoms with E-state index in [-0.39, 0.29) is 5.91 Å². The molecule has 0 radical (unpaired) electrons. The van der Waals surface area contributed by atoms with Crippen molar-refractivity contribution >= 4 is 11.9 Å². The van der Waals surface area contributed by atoms with E-state index in [2.05, 4.69) is 20.9 Å². The lowest BCUT2D eigenvalue weighted by molar-refractivity contribution is -0.121. The van der Waals surface area contributed by atoms with Crippen molar-refractivity contribution < 1.29 is 9.53 Å². The monoisotopic (exact) mass is 292 g/mol. The maximum Gasteiger partial charge on any atom is 0.222 e. The Labute approximate surface area is 126 Å². The van der Waals surface area contributed by atoms with Crippen LogP contribution in [0.1, 0.15) is 12.0 Å². The number of rotatable bonds is 8. The van der Waals surface area contributed by atoms with Gasteiger partial charge in [-0.1, -0.05) is 30.3 Å². The quantitative estimate of drug-likeness (QED) is 0.371. The minimum Gasteiger partial charge on any atom is -0.383 e. The molecule has 0 fully saturated rings. The van der Waals surface area contributed by atoms with Crippen LogP contribution in [-0.2, 0) is 16.1 Å². The van der Waals surface area contributed by atoms with Gasteiger partial charge in [0.2, 0.25) is 5.91 Å². The molecule has 0 heterocycles. The minimum absolute atomic E-state index is 0.0127. The Morgan fingerprint density at radius 3 is 2.52 bits per heavy atom. The topological polar surface area (TPSA) is 74.8 Å². The molecule has 0 unspecified atom stereocenters. The van der Waals surface area contributed by atoms with Crippen LogP contribution in [0, 0.1) is 0 Å². The van der Waals surface area contributed by atoms with Crippen LogP contribution >= 0.6 is 0 Å². The van der Waals surface area contributed by atoms with E-state index >= 15 is 0 Å². The molecule has 1 aromatic rings. The number of hydrogen-bond acceptors (Lipinski definition) is 3. The number of amides is 1. The fourth-order valence-electron chi connectivity index (χ4n) is 1.67. The van der Waals surface area contributed by atoms with Gasteiger partial charge in [0.15, 0.2) is 5.96 Å². The molecule has 0 aliphatic rings. The number of ether oxygens (including phenoxy) is 1. The summed E-state index contributed by atoms with van der Waals surface area (Å²) in [4.78, 5) is 15.8. The van der Waals surface area contributed by atoms with E-state index in [0.29, 0.717) is 38.6 Å². The molecule has 0 saturated carbocycles. The highest BCUT2D eigenvalue weighted by Crippen LogP contribution is 1.97. The third-order valence-corrected chi connectivity index (χ3v) is 2.80. The first-order chi connectivity index (χ1) is 10.3. The zero-order chi connectivity index (χ0) is 15.3. The minimum atomic E-state index is 0.0127. The summed E-state index contributed by atoms with van der Waals surface area (Å²) in [5.74, 6) is 0.682. The Bertz CT molecular complexity index is 435. The molecular formula is C15H24N4O2. The number of nitrogens with zero attached hydrogens (tertiary/aromatic N) is 1. The van der Waals surface area contributed by atoms with Crippen LogP contribution < -0.4 is 16.0 Å². The largest absolute Gasteiger partial charge is 0.383 e. The van der Waals surface area contributed by atoms with E-state index < -0.39 is 0 Å². The third kappa shape index (κ3) is 7.94. The number of carbonyl (C=O) groups excluding carboxylic acids is 1. The summed E-state index contributed by atoms with van der Waals surface area (Å²) in [6.45, 7) is 2.38. The van der Waals surface area contributed by atoms with Crippen molar-refractivity contribution in [3.63, 3.8) is 0 Å². The number of hydrogen-bond donors (Lipinski definition) is 3. The summed E-state index contributed by atoms with van der Waals surface area (Å²) in [5, 5.41) is 9.05. The Kier molecular flexibility index (Phi) is 8.63. The zero-order valence-electron chi connectivity index (χ0n) is 12.7. The highest BCUT2D eigenvalue weighted by molar-refractivity contribution is 5.81. The van der Waals surface area contributed by atoms with Crippen LogP contribution in [-0.4, -0.2) is 45.7 Å². The molecular weight excluding hydrogens is 268 g/mol. The van der Waals surface area contributed by atoms with Gasteiger partial charge in [0.25, 0.3) is 0 Å². The average Bonchev–Trinajstić information content (AvgIpc) is 2.52. The molecule has 1 rings (SSSR count). The van der Waals surface area contributed by atoms with E-state index in [1.807, 2.05) is 30.3 Å². The summed E-state index contributed by atoms with van der Waals surface area (Å²) in [6.07, 6.45) is 0.401. The molecule has 1 aromatic carbocycles. The third-order valence-electron chi connectivity index (χ3n) is 2.80. The molecule has 21 heavy (non-hydrogen) atoms. The standard InChI is InChI=1S/C15H24N4O2/c1-16-15(18-10-11-21-2)17-9-8-14(20)19-12-13-6-4-3-5-7-13/h3-7H,8-12H2,1-2H3,(H,19,20)(H2,16,17,18). The Morgan fingerprint density at radius 2 is 1.86 bits per heavy atom. The predicted molar refractivity (Wildman–Crippen MR) is 84.1 cm³/mol. The van der Waals surface area contributed by atoms with Crippen LogP contribution in [0.15, 0.2) is 35.3 Å². The van der Waals surface area contributed by atoms with E-state index in [1.54, 1.807) is 14.2 Å². The van der Waals surface area contributed by atoms with E-state index in [0.717, 1.165) is 5.56 Å². The summed E-state index contributed by atoms with van der Waals surface area (Å²) in [7, 11) is 3.34. The van der Waals surface area contributed by atoms with Crippen LogP contribution in [0.4, 0.5) is 0 Å². The van der Waals surface area contributed by atoms with Crippen LogP contribution in [0.2, 0.25) is 0 Å². The molecule has 6 heteroatoms. The molecule has 0 saturated heterocycles. The molecule has 0 spiro atoms. The van der Waals surface area contributed by atoms with Gasteiger partial charge in [-0.2, -0.15) is 0 Å². The van der Waals surface area contributed by atoms with Gasteiger partial charge in [-0.25, -0.2) is 0 Å². The van der Waals surface area contributed by atoms with Gasteiger partial charge in [0.1, 0.15) is 0 Å². The van der Waals surface area contributed by atoms with Crippen LogP contribution in [0.3, 0.4) is 0 Å². The lowest BCUT2D eigenvalue weighted by atomic mass is 10.2. The first-order valence-corrected chi connectivity index (χ1v) is 7.00. The molecule has 0 aliphatic carbocycles. The van der Waals surface area contributed by atoms with Gasteiger partial charge in [0.05, 0.1) is 6.61 Å². The number of methoxy groups -OCH3 is 1. The van der Waals surface area contributed by atoms with Gasteiger partial charge in [-0.3, -0.25) is 9.79 Å². The van der Waals surface area contributed by atoms with E-state index in [1.165, 1.54) is 0 Å². The molecule has 116 valence electrons. The number of carbonyl (C=O) groups is 1. The fraction of sp³-hybridized carbons (Fsp3) is 0.467. The Balaban J connectivity index is 2.15. The maximum atomic E-state index is 11.7. The normalized spacial score (nSPS) is 11.0. The van der Waals surface area contributed by atoms with Crippen molar-refractivity contribution in [3.05, 3.63) is 35.9 Å². The number of benzene rings is 1. The molecule has 1 amide bonds. The van der Waals surface area contributed by atoms with Crippen molar-refractivity contribution in [2.24, 2.45) is 4.99 Å². The summed E-state index contributed by atoms with van der Waals surface area (Å²) < 4.78 is 4.94. The van der Waals surface area contributed by atoms with Gasteiger partial charge in [0, 0.05) is 40.2 Å². The molecule has 0 aromatic heterocycles. The van der Waals surface area contributed by atoms with E-state index in [4.69, 9.17) is 4.74 Å². The summed E-state index contributed by atoms with van der Waals surface area (Å²) in [5.41, 5.74) is 1.09. The Hall–Kier alpha value is -2.08. The molecule has 3 N–H and O–H groups in total. The highest BCUT2D eigenvalue weighted by atomic mass is 16.5. The van der Waals surface area contributed by atoms with Gasteiger partial charge >= 0.3 is 0 Å². The molecule has 6 nitrogen and oxygen atoms in total. The summed E-state index contributed by atoms with van der Waals surface area (Å²) in [6, 6.07) is 9.84. The maximum absolute atomic E-state index is 11.7. The first kappa shape index (κ1) is 17.0. The molecule has 0 bridgehead atoms. The average molecular weight is 292 g/mol. The number of aliphatic imine (C=N–C) groups is 1. The fourth-order valence-corrected chi connectivity index (χ4v) is 1.67. The van der Waals surface area contributed by atoms with Gasteiger partial charge in [-0.15, -0.1) is 0 Å². The van der Waals surface area contributed by atoms with Gasteiger partial charge in [-0.05, 0) is 5.56 Å². The number of guanidine groups is 1. The van der Waals surface area contributed by atoms with Crippen LogP contribution in [0.5, 0.6) is 0 Å². The SMILES string of the molecule is CN=C(NCCOC)NCCC(=O)NCc1ccccc1. The van der Waals surface area contributed by atoms with Crippen molar-refractivity contribution in [2.45, 2.75) is 13.0 Å². The lowest BCUT2D eigenvalue weighted by Crippen LogP contribution is -2.40. The Morgan fingerprint density at radius 1 is 1.14 bits per heavy atom. The number of nitrogens with one attached hydrogen (secondary N) is 3. The molecule has 0 atom stereocenters. The second-order valence-electron chi connectivity index (χ2n) is 4.43. The van der Waals surface area contributed by atoms with Crippen molar-refractivity contribution in [2.75, 3.05) is 33.9 Å². The van der Waals surface area contributed by atoms with Crippen molar-refractivity contribution in [1.29, 1.82) is 0 Å². The summed E-state index contributed by atoms with van der Waals surface area (Å²) >= 11 is 0. The second-order valence-corrected chi connectivity index (χ2v) is 4.43.